The lowest BCUT2D eigenvalue weighted by molar-refractivity contribution is -0.275. The van der Waals surface area contributed by atoms with Gasteiger partial charge < -0.3 is 9.47 Å². The molecule has 0 aliphatic rings. The Bertz CT molecular complexity index is 1540. The summed E-state index contributed by atoms with van der Waals surface area (Å²) in [5.74, 6) is -3.28. The second-order valence-electron chi connectivity index (χ2n) is 9.00. The highest BCUT2D eigenvalue weighted by Gasteiger charge is 2.35. The molecule has 0 atom stereocenters. The van der Waals surface area contributed by atoms with Gasteiger partial charge in [-0.2, -0.15) is 0 Å². The van der Waals surface area contributed by atoms with Crippen LogP contribution < -0.4 is 14.2 Å². The van der Waals surface area contributed by atoms with E-state index in [-0.39, 0.29) is 34.0 Å². The fourth-order valence-electron chi connectivity index (χ4n) is 3.40. The lowest BCUT2D eigenvalue weighted by Crippen LogP contribution is -2.28. The first-order valence-electron chi connectivity index (χ1n) is 10.8. The average Bonchev–Trinajstić information content (AvgIpc) is 3.16. The number of hydrogen-bond donors (Lipinski definition) is 1. The Kier molecular flexibility index (Phi) is 7.45. The van der Waals surface area contributed by atoms with Crippen LogP contribution in [0, 0.1) is 5.82 Å². The van der Waals surface area contributed by atoms with Gasteiger partial charge in [0.2, 0.25) is 10.0 Å². The van der Waals surface area contributed by atoms with Gasteiger partial charge >= 0.3 is 6.36 Å². The van der Waals surface area contributed by atoms with Crippen LogP contribution in [0.4, 0.5) is 23.2 Å². The zero-order chi connectivity index (χ0) is 28.0. The van der Waals surface area contributed by atoms with Crippen molar-refractivity contribution in [3.05, 3.63) is 36.4 Å². The van der Waals surface area contributed by atoms with E-state index in [1.54, 1.807) is 6.92 Å². The topological polar surface area (TPSA) is 116 Å². The van der Waals surface area contributed by atoms with Crippen molar-refractivity contribution in [2.75, 3.05) is 17.6 Å². The molecule has 0 unspecified atom stereocenters. The van der Waals surface area contributed by atoms with Gasteiger partial charge in [-0.05, 0) is 39.3 Å². The Balaban J connectivity index is 2.31. The van der Waals surface area contributed by atoms with Crippen molar-refractivity contribution in [3.8, 4) is 22.8 Å². The van der Waals surface area contributed by atoms with Gasteiger partial charge in [0.05, 0.1) is 35.2 Å². The van der Waals surface area contributed by atoms with Crippen LogP contribution in [0.3, 0.4) is 0 Å². The Morgan fingerprint density at radius 2 is 1.70 bits per heavy atom. The maximum atomic E-state index is 14.9. The molecule has 0 aliphatic heterocycles. The van der Waals surface area contributed by atoms with Crippen LogP contribution in [0.1, 0.15) is 34.1 Å². The number of ether oxygens (including phenoxy) is 2. The van der Waals surface area contributed by atoms with E-state index in [0.717, 1.165) is 6.07 Å². The minimum atomic E-state index is -5.28. The predicted molar refractivity (Wildman–Crippen MR) is 128 cm³/mol. The van der Waals surface area contributed by atoms with Gasteiger partial charge in [-0.3, -0.25) is 9.12 Å². The zero-order valence-electron chi connectivity index (χ0n) is 20.5. The molecule has 0 amide bonds. The van der Waals surface area contributed by atoms with Crippen LogP contribution in [0.25, 0.3) is 16.9 Å². The first-order valence-corrected chi connectivity index (χ1v) is 13.9. The maximum Gasteiger partial charge on any atom is 0.573 e. The number of sulfonamides is 1. The number of rotatable bonds is 8. The molecule has 9 nitrogen and oxygen atoms in total. The first-order chi connectivity index (χ1) is 16.9. The summed E-state index contributed by atoms with van der Waals surface area (Å²) in [4.78, 5) is 3.93. The number of nitrogens with one attached hydrogen (secondary N) is 1. The molecule has 1 N–H and O–H groups in total. The summed E-state index contributed by atoms with van der Waals surface area (Å²) < 4.78 is 116. The van der Waals surface area contributed by atoms with Crippen LogP contribution in [0.2, 0.25) is 0 Å². The van der Waals surface area contributed by atoms with Crippen molar-refractivity contribution in [2.45, 2.75) is 50.1 Å². The number of nitrogens with zero attached hydrogens (tertiary/aromatic N) is 2. The second-order valence-corrected chi connectivity index (χ2v) is 13.5. The molecule has 0 radical (unpaired) electrons. The molecular weight excluding hydrogens is 542 g/mol. The molecule has 2 heterocycles. The summed E-state index contributed by atoms with van der Waals surface area (Å²) in [7, 11) is -6.79. The third-order valence-corrected chi connectivity index (χ3v) is 9.16. The summed E-state index contributed by atoms with van der Waals surface area (Å²) in [6.45, 7) is 6.00. The number of benzene rings is 1. The van der Waals surface area contributed by atoms with E-state index in [4.69, 9.17) is 4.74 Å². The van der Waals surface area contributed by atoms with E-state index in [9.17, 15) is 34.4 Å². The van der Waals surface area contributed by atoms with Gasteiger partial charge in [-0.1, -0.05) is 6.92 Å². The van der Waals surface area contributed by atoms with E-state index < -0.39 is 54.0 Å². The summed E-state index contributed by atoms with van der Waals surface area (Å²) in [5.41, 5.74) is -0.718. The van der Waals surface area contributed by atoms with Crippen molar-refractivity contribution >= 4 is 31.2 Å². The van der Waals surface area contributed by atoms with E-state index in [0.29, 0.717) is 6.07 Å². The molecule has 0 saturated carbocycles. The summed E-state index contributed by atoms with van der Waals surface area (Å²) in [5, 5.41) is 0. The normalized spacial score (nSPS) is 13.1. The molecule has 204 valence electrons. The molecule has 3 rings (SSSR count). The van der Waals surface area contributed by atoms with Crippen molar-refractivity contribution in [1.82, 2.24) is 9.38 Å². The number of hydrogen-bond acceptors (Lipinski definition) is 7. The van der Waals surface area contributed by atoms with Crippen LogP contribution in [0.15, 0.2) is 35.5 Å². The molecule has 0 aliphatic carbocycles. The van der Waals surface area contributed by atoms with Crippen LogP contribution in [0.5, 0.6) is 11.5 Å². The van der Waals surface area contributed by atoms with Crippen LogP contribution in [-0.4, -0.2) is 50.2 Å². The number of methoxy groups -OCH3 is 1. The third-order valence-electron chi connectivity index (χ3n) is 5.19. The van der Waals surface area contributed by atoms with E-state index >= 15 is 0 Å². The number of sulfone groups is 1. The minimum Gasteiger partial charge on any atom is -0.495 e. The number of anilines is 1. The predicted octanol–water partition coefficient (Wildman–Crippen LogP) is 4.77. The molecule has 37 heavy (non-hydrogen) atoms. The highest BCUT2D eigenvalue weighted by Crippen LogP contribution is 2.38. The number of halogens is 4. The summed E-state index contributed by atoms with van der Waals surface area (Å²) >= 11 is 0. The van der Waals surface area contributed by atoms with Crippen LogP contribution >= 0.6 is 0 Å². The van der Waals surface area contributed by atoms with Crippen molar-refractivity contribution in [3.63, 3.8) is 0 Å². The second kappa shape index (κ2) is 9.67. The highest BCUT2D eigenvalue weighted by molar-refractivity contribution is 7.93. The number of fused-ring (bicyclic) bond motifs is 1. The van der Waals surface area contributed by atoms with E-state index in [2.05, 4.69) is 9.72 Å². The molecule has 1 aromatic carbocycles. The monoisotopic (exact) mass is 567 g/mol. The summed E-state index contributed by atoms with van der Waals surface area (Å²) in [6.07, 6.45) is -2.72. The quantitative estimate of drug-likeness (QED) is 0.390. The minimum absolute atomic E-state index is 0.00668. The fraction of sp³-hybridized carbons (Fsp3) is 0.409. The lowest BCUT2D eigenvalue weighted by Gasteiger charge is -2.21. The number of alkyl halides is 3. The number of pyridine rings is 1. The Hall–Kier alpha value is -3.07. The molecule has 15 heteroatoms. The Labute approximate surface area is 211 Å². The van der Waals surface area contributed by atoms with Gasteiger partial charge in [-0.25, -0.2) is 26.2 Å². The molecule has 2 aromatic heterocycles. The first kappa shape index (κ1) is 28.5. The van der Waals surface area contributed by atoms with Crippen molar-refractivity contribution < 1.29 is 43.9 Å². The van der Waals surface area contributed by atoms with Gasteiger partial charge in [0.25, 0.3) is 0 Å². The van der Waals surface area contributed by atoms with Gasteiger partial charge in [-0.15, -0.1) is 13.2 Å². The van der Waals surface area contributed by atoms with Crippen molar-refractivity contribution in [2.24, 2.45) is 0 Å². The van der Waals surface area contributed by atoms with Gasteiger partial charge in [0.15, 0.2) is 21.4 Å². The maximum absolute atomic E-state index is 14.9. The number of aromatic nitrogens is 2. The average molecular weight is 568 g/mol. The molecule has 0 fully saturated rings. The zero-order valence-corrected chi connectivity index (χ0v) is 22.1. The van der Waals surface area contributed by atoms with Gasteiger partial charge in [0.1, 0.15) is 16.3 Å². The van der Waals surface area contributed by atoms with Crippen LogP contribution in [-0.2, 0) is 19.9 Å². The third kappa shape index (κ3) is 5.92. The van der Waals surface area contributed by atoms with E-state index in [1.807, 2.05) is 4.72 Å². The Morgan fingerprint density at radius 1 is 1.05 bits per heavy atom. The van der Waals surface area contributed by atoms with Gasteiger partial charge in [0, 0.05) is 17.8 Å². The lowest BCUT2D eigenvalue weighted by atomic mass is 10.1. The van der Waals surface area contributed by atoms with E-state index in [1.165, 1.54) is 50.7 Å². The Morgan fingerprint density at radius 3 is 2.24 bits per heavy atom. The van der Waals surface area contributed by atoms with Crippen molar-refractivity contribution in [1.29, 1.82) is 0 Å². The molecule has 3 aromatic rings. The standard InChI is InChI=1S/C22H25F4N3O6S2/c1-6-7-36(30,31)28-14-8-13(9-17(20(14)23)35-22(24,25)26)15-11-27-19-10-16(34-5)18(12-29(15)19)37(32,33)21(2,3)4/h8-12,28H,6-7H2,1-5H3. The molecule has 0 bridgehead atoms. The SMILES string of the molecule is CCCS(=O)(=O)Nc1cc(-c2cnc3cc(OC)c(S(=O)(=O)C(C)(C)C)cn23)cc(OC(F)(F)F)c1F. The highest BCUT2D eigenvalue weighted by atomic mass is 32.2. The largest absolute Gasteiger partial charge is 0.573 e. The molecular formula is C22H25F4N3O6S2. The molecule has 0 spiro atoms. The smallest absolute Gasteiger partial charge is 0.495 e. The summed E-state index contributed by atoms with van der Waals surface area (Å²) in [6, 6.07) is 3.01. The molecule has 0 saturated heterocycles. The fourth-order valence-corrected chi connectivity index (χ4v) is 5.83. The number of imidazole rings is 1.